The molecule has 3 atom stereocenters. The third-order valence-corrected chi connectivity index (χ3v) is 6.79. The fourth-order valence-electron chi connectivity index (χ4n) is 4.98. The van der Waals surface area contributed by atoms with Gasteiger partial charge in [-0.15, -0.1) is 5.10 Å². The number of nitrogens with one attached hydrogen (secondary N) is 1. The molecular weight excluding hydrogens is 358 g/mol. The van der Waals surface area contributed by atoms with Crippen molar-refractivity contribution in [1.82, 2.24) is 25.2 Å². The number of β-amino-alcohol motifs (C(OH)–C–C–N with tert-alkyl or cyclic N) is 1. The van der Waals surface area contributed by atoms with Crippen molar-refractivity contribution in [2.75, 3.05) is 13.6 Å². The molecule has 2 heterocycles. The fraction of sp³-hybridized carbons (Fsp3) is 0.800. The second-order valence-electron chi connectivity index (χ2n) is 9.03. The summed E-state index contributed by atoms with van der Waals surface area (Å²) in [4.78, 5) is 27.7. The lowest BCUT2D eigenvalue weighted by molar-refractivity contribution is -0.145. The van der Waals surface area contributed by atoms with Gasteiger partial charge < -0.3 is 15.3 Å². The van der Waals surface area contributed by atoms with E-state index in [0.29, 0.717) is 5.92 Å². The number of hydrogen-bond acceptors (Lipinski definition) is 5. The normalized spacial score (nSPS) is 28.2. The highest BCUT2D eigenvalue weighted by atomic mass is 16.3. The van der Waals surface area contributed by atoms with Crippen LogP contribution in [-0.4, -0.2) is 62.6 Å². The first-order valence-corrected chi connectivity index (χ1v) is 10.5. The monoisotopic (exact) mass is 389 g/mol. The molecule has 8 nitrogen and oxygen atoms in total. The zero-order valence-electron chi connectivity index (χ0n) is 16.8. The maximum Gasteiger partial charge on any atom is 0.248 e. The van der Waals surface area contributed by atoms with Gasteiger partial charge in [0.2, 0.25) is 11.8 Å². The van der Waals surface area contributed by atoms with E-state index in [2.05, 4.69) is 22.6 Å². The number of aliphatic hydroxyl groups excluding tert-OH is 1. The van der Waals surface area contributed by atoms with Gasteiger partial charge in [0, 0.05) is 32.1 Å². The van der Waals surface area contributed by atoms with Crippen molar-refractivity contribution in [2.45, 2.75) is 82.4 Å². The molecule has 154 valence electrons. The van der Waals surface area contributed by atoms with Crippen LogP contribution in [0.5, 0.6) is 0 Å². The topological polar surface area (TPSA) is 100 Å². The lowest BCUT2D eigenvalue weighted by atomic mass is 9.70. The molecule has 0 radical (unpaired) electrons. The number of amides is 2. The summed E-state index contributed by atoms with van der Waals surface area (Å²) in [6.07, 6.45) is 9.05. The quantitative estimate of drug-likeness (QED) is 0.792. The Morgan fingerprint density at radius 2 is 2.00 bits per heavy atom. The van der Waals surface area contributed by atoms with Crippen LogP contribution < -0.4 is 5.32 Å². The average Bonchev–Trinajstić information content (AvgIpc) is 3.29. The molecule has 3 aliphatic rings. The Morgan fingerprint density at radius 3 is 2.64 bits per heavy atom. The molecule has 1 saturated heterocycles. The highest BCUT2D eigenvalue weighted by Gasteiger charge is 2.48. The second kappa shape index (κ2) is 7.46. The van der Waals surface area contributed by atoms with Crippen LogP contribution in [0.4, 0.5) is 0 Å². The van der Waals surface area contributed by atoms with E-state index in [-0.39, 0.29) is 30.2 Å². The molecule has 1 aliphatic heterocycles. The minimum Gasteiger partial charge on any atom is -0.391 e. The summed E-state index contributed by atoms with van der Waals surface area (Å²) in [6.45, 7) is 2.35. The van der Waals surface area contributed by atoms with Crippen molar-refractivity contribution in [3.05, 3.63) is 11.9 Å². The summed E-state index contributed by atoms with van der Waals surface area (Å²) in [7, 11) is 1.56. The van der Waals surface area contributed by atoms with Gasteiger partial charge in [-0.1, -0.05) is 31.4 Å². The molecule has 8 heteroatoms. The molecule has 2 saturated carbocycles. The minimum absolute atomic E-state index is 0.123. The summed E-state index contributed by atoms with van der Waals surface area (Å²) in [6, 6.07) is -1.13. The molecule has 0 bridgehead atoms. The molecule has 2 aliphatic carbocycles. The van der Waals surface area contributed by atoms with Crippen LogP contribution in [0.15, 0.2) is 6.20 Å². The molecule has 1 aromatic rings. The molecule has 2 amide bonds. The molecule has 4 rings (SSSR count). The molecule has 0 aromatic carbocycles. The number of carbonyl (C=O) groups excluding carboxylic acids is 2. The summed E-state index contributed by atoms with van der Waals surface area (Å²) in [5.74, 6) is 0.118. The largest absolute Gasteiger partial charge is 0.391 e. The summed E-state index contributed by atoms with van der Waals surface area (Å²) >= 11 is 0. The third kappa shape index (κ3) is 3.54. The van der Waals surface area contributed by atoms with Crippen molar-refractivity contribution in [2.24, 2.45) is 5.41 Å². The van der Waals surface area contributed by atoms with E-state index in [1.165, 1.54) is 6.42 Å². The Kier molecular flexibility index (Phi) is 5.16. The molecule has 3 fully saturated rings. The minimum atomic E-state index is -0.677. The van der Waals surface area contributed by atoms with Gasteiger partial charge in [-0.25, -0.2) is 4.68 Å². The first-order valence-electron chi connectivity index (χ1n) is 10.5. The average molecular weight is 390 g/mol. The zero-order valence-corrected chi connectivity index (χ0v) is 16.8. The van der Waals surface area contributed by atoms with Gasteiger partial charge >= 0.3 is 0 Å². The lowest BCUT2D eigenvalue weighted by Gasteiger charge is -2.41. The first-order chi connectivity index (χ1) is 13.4. The van der Waals surface area contributed by atoms with Crippen LogP contribution in [0.25, 0.3) is 0 Å². The van der Waals surface area contributed by atoms with Crippen LogP contribution in [0.1, 0.15) is 75.9 Å². The third-order valence-electron chi connectivity index (χ3n) is 6.79. The van der Waals surface area contributed by atoms with Crippen LogP contribution in [0.3, 0.4) is 0 Å². The van der Waals surface area contributed by atoms with E-state index in [9.17, 15) is 14.7 Å². The summed E-state index contributed by atoms with van der Waals surface area (Å²) in [5.41, 5.74) is 0.728. The number of aliphatic hydroxyl groups is 1. The molecule has 2 N–H and O–H groups in total. The fourth-order valence-corrected chi connectivity index (χ4v) is 4.98. The maximum atomic E-state index is 13.8. The smallest absolute Gasteiger partial charge is 0.248 e. The van der Waals surface area contributed by atoms with Crippen molar-refractivity contribution >= 4 is 11.8 Å². The van der Waals surface area contributed by atoms with Crippen LogP contribution in [0.2, 0.25) is 0 Å². The SMILES string of the molecule is CNC(=O)[C@@H]1C[C@@H](O)CN1C(=O)C(n1cc(C2CC2)nn1)C1(C)CCCCC1. The van der Waals surface area contributed by atoms with Gasteiger partial charge in [0.25, 0.3) is 0 Å². The Morgan fingerprint density at radius 1 is 1.29 bits per heavy atom. The molecular formula is C20H31N5O3. The van der Waals surface area contributed by atoms with Crippen LogP contribution >= 0.6 is 0 Å². The highest BCUT2D eigenvalue weighted by molar-refractivity contribution is 5.90. The van der Waals surface area contributed by atoms with Gasteiger partial charge in [0.15, 0.2) is 0 Å². The van der Waals surface area contributed by atoms with Crippen molar-refractivity contribution in [3.8, 4) is 0 Å². The standard InChI is InChI=1S/C20H31N5O3/c1-20(8-4-3-5-9-20)17(25-12-15(22-23-25)13-6-7-13)19(28)24-11-14(26)10-16(24)18(27)21-2/h12-14,16-17,26H,3-11H2,1-2H3,(H,21,27)/t14-,16+,17?/m1/s1. The summed E-state index contributed by atoms with van der Waals surface area (Å²) in [5, 5.41) is 21.5. The Balaban J connectivity index is 1.67. The van der Waals surface area contributed by atoms with Gasteiger partial charge in [-0.3, -0.25) is 9.59 Å². The number of likely N-dealkylation sites (tertiary alicyclic amines) is 1. The number of hydrogen-bond donors (Lipinski definition) is 2. The molecule has 28 heavy (non-hydrogen) atoms. The van der Waals surface area contributed by atoms with E-state index >= 15 is 0 Å². The lowest BCUT2D eigenvalue weighted by Crippen LogP contribution is -2.51. The Labute approximate surface area is 165 Å². The number of nitrogens with zero attached hydrogens (tertiary/aromatic N) is 4. The Bertz CT molecular complexity index is 738. The summed E-state index contributed by atoms with van der Waals surface area (Å²) < 4.78 is 1.74. The number of likely N-dealkylation sites (N-methyl/N-ethyl adjacent to an activating group) is 1. The highest BCUT2D eigenvalue weighted by Crippen LogP contribution is 2.46. The second-order valence-corrected chi connectivity index (χ2v) is 9.03. The molecule has 1 unspecified atom stereocenters. The predicted octanol–water partition coefficient (Wildman–Crippen LogP) is 1.37. The number of rotatable bonds is 5. The van der Waals surface area contributed by atoms with Gasteiger partial charge in [0.1, 0.15) is 12.1 Å². The predicted molar refractivity (Wildman–Crippen MR) is 102 cm³/mol. The van der Waals surface area contributed by atoms with E-state index in [1.807, 2.05) is 6.20 Å². The van der Waals surface area contributed by atoms with Gasteiger partial charge in [-0.2, -0.15) is 0 Å². The van der Waals surface area contributed by atoms with E-state index in [1.54, 1.807) is 16.6 Å². The Hall–Kier alpha value is -1.96. The first kappa shape index (κ1) is 19.4. The van der Waals surface area contributed by atoms with Crippen LogP contribution in [-0.2, 0) is 9.59 Å². The molecule has 1 aromatic heterocycles. The maximum absolute atomic E-state index is 13.8. The van der Waals surface area contributed by atoms with Crippen molar-refractivity contribution in [1.29, 1.82) is 0 Å². The van der Waals surface area contributed by atoms with Gasteiger partial charge in [0.05, 0.1) is 11.8 Å². The molecule has 0 spiro atoms. The van der Waals surface area contributed by atoms with E-state index in [0.717, 1.165) is 44.2 Å². The van der Waals surface area contributed by atoms with Crippen molar-refractivity contribution < 1.29 is 14.7 Å². The van der Waals surface area contributed by atoms with Gasteiger partial charge in [-0.05, 0) is 31.1 Å². The number of aromatic nitrogens is 3. The van der Waals surface area contributed by atoms with Crippen molar-refractivity contribution in [3.63, 3.8) is 0 Å². The number of carbonyl (C=O) groups is 2. The zero-order chi connectivity index (χ0) is 19.9. The van der Waals surface area contributed by atoms with E-state index < -0.39 is 18.2 Å². The van der Waals surface area contributed by atoms with Crippen LogP contribution in [0, 0.1) is 5.41 Å². The van der Waals surface area contributed by atoms with E-state index in [4.69, 9.17) is 0 Å².